The van der Waals surface area contributed by atoms with Crippen molar-refractivity contribution < 1.29 is 24.9 Å². The van der Waals surface area contributed by atoms with Crippen molar-refractivity contribution in [3.8, 4) is 0 Å². The molecule has 1 aromatic rings. The molecular formula is C16H19Cl2NO5. The third kappa shape index (κ3) is 4.39. The molecule has 6 nitrogen and oxygen atoms in total. The van der Waals surface area contributed by atoms with E-state index in [0.717, 1.165) is 5.56 Å². The first-order chi connectivity index (χ1) is 11.3. The van der Waals surface area contributed by atoms with Gasteiger partial charge in [-0.2, -0.15) is 0 Å². The lowest BCUT2D eigenvalue weighted by molar-refractivity contribution is -0.144. The number of aliphatic hydroxyl groups excluding tert-OH is 2. The average molecular weight is 376 g/mol. The van der Waals surface area contributed by atoms with Crippen LogP contribution in [0.25, 0.3) is 0 Å². The van der Waals surface area contributed by atoms with Gasteiger partial charge in [0, 0.05) is 6.42 Å². The van der Waals surface area contributed by atoms with Gasteiger partial charge in [-0.05, 0) is 12.0 Å². The highest BCUT2D eigenvalue weighted by atomic mass is 35.5. The Morgan fingerprint density at radius 1 is 1.17 bits per heavy atom. The van der Waals surface area contributed by atoms with E-state index in [4.69, 9.17) is 23.2 Å². The van der Waals surface area contributed by atoms with Crippen molar-refractivity contribution in [1.82, 2.24) is 5.32 Å². The van der Waals surface area contributed by atoms with Crippen LogP contribution in [0.2, 0.25) is 0 Å². The Kier molecular flexibility index (Phi) is 6.46. The molecule has 0 spiro atoms. The number of hydrogen-bond donors (Lipinski definition) is 4. The molecule has 5 unspecified atom stereocenters. The second-order valence-corrected chi connectivity index (χ2v) is 6.94. The van der Waals surface area contributed by atoms with Crippen molar-refractivity contribution in [1.29, 1.82) is 0 Å². The molecule has 0 aromatic heterocycles. The van der Waals surface area contributed by atoms with E-state index >= 15 is 0 Å². The van der Waals surface area contributed by atoms with Crippen molar-refractivity contribution in [2.75, 3.05) is 0 Å². The zero-order valence-electron chi connectivity index (χ0n) is 12.7. The zero-order chi connectivity index (χ0) is 17.9. The van der Waals surface area contributed by atoms with E-state index in [2.05, 4.69) is 5.32 Å². The smallest absolute Gasteiger partial charge is 0.326 e. The van der Waals surface area contributed by atoms with Gasteiger partial charge in [0.05, 0.1) is 28.9 Å². The number of aliphatic hydroxyl groups is 2. The Hall–Kier alpha value is -1.34. The van der Waals surface area contributed by atoms with Crippen LogP contribution in [-0.4, -0.2) is 56.2 Å². The summed E-state index contributed by atoms with van der Waals surface area (Å²) in [6.45, 7) is 0. The molecule has 1 saturated carbocycles. The molecule has 0 bridgehead atoms. The Labute approximate surface area is 149 Å². The molecule has 1 fully saturated rings. The van der Waals surface area contributed by atoms with Gasteiger partial charge in [0.1, 0.15) is 6.04 Å². The summed E-state index contributed by atoms with van der Waals surface area (Å²) in [5.74, 6) is -2.80. The Balaban J connectivity index is 2.06. The fourth-order valence-electron chi connectivity index (χ4n) is 2.74. The second-order valence-electron chi connectivity index (χ2n) is 5.87. The first kappa shape index (κ1) is 19.0. The molecule has 0 aliphatic heterocycles. The molecule has 0 radical (unpaired) electrons. The number of carbonyl (C=O) groups is 2. The lowest BCUT2D eigenvalue weighted by atomic mass is 9.83. The van der Waals surface area contributed by atoms with Crippen LogP contribution in [0.4, 0.5) is 0 Å². The largest absolute Gasteiger partial charge is 0.480 e. The van der Waals surface area contributed by atoms with Gasteiger partial charge in [0.15, 0.2) is 0 Å². The zero-order valence-corrected chi connectivity index (χ0v) is 14.2. The van der Waals surface area contributed by atoms with Crippen LogP contribution in [-0.2, 0) is 16.0 Å². The monoisotopic (exact) mass is 375 g/mol. The summed E-state index contributed by atoms with van der Waals surface area (Å²) in [5.41, 5.74) is 0.759. The topological polar surface area (TPSA) is 107 Å². The van der Waals surface area contributed by atoms with Crippen molar-refractivity contribution >= 4 is 35.1 Å². The van der Waals surface area contributed by atoms with Crippen molar-refractivity contribution in [3.63, 3.8) is 0 Å². The number of carboxylic acids is 1. The van der Waals surface area contributed by atoms with Crippen molar-refractivity contribution in [2.24, 2.45) is 5.92 Å². The number of halogens is 2. The van der Waals surface area contributed by atoms with Crippen molar-refractivity contribution in [3.05, 3.63) is 35.9 Å². The number of amides is 1. The van der Waals surface area contributed by atoms with Crippen LogP contribution >= 0.6 is 23.2 Å². The minimum Gasteiger partial charge on any atom is -0.480 e. The van der Waals surface area contributed by atoms with E-state index < -0.39 is 46.8 Å². The normalized spacial score (nSPS) is 31.2. The van der Waals surface area contributed by atoms with E-state index in [1.54, 1.807) is 24.3 Å². The predicted molar refractivity (Wildman–Crippen MR) is 89.1 cm³/mol. The highest BCUT2D eigenvalue weighted by molar-refractivity contribution is 6.25. The number of nitrogens with one attached hydrogen (secondary N) is 1. The van der Waals surface area contributed by atoms with Gasteiger partial charge >= 0.3 is 5.97 Å². The fourth-order valence-corrected chi connectivity index (χ4v) is 3.51. The molecule has 0 heterocycles. The number of benzene rings is 1. The SMILES string of the molecule is O=C(N[C@@H](Cc1ccccc1)C(=O)O)C1CC(Cl)C(O)C(Cl)C1O. The van der Waals surface area contributed by atoms with Gasteiger partial charge < -0.3 is 20.6 Å². The molecule has 1 aliphatic rings. The number of carbonyl (C=O) groups excluding carboxylic acids is 1. The second kappa shape index (κ2) is 8.16. The molecule has 8 heteroatoms. The summed E-state index contributed by atoms with van der Waals surface area (Å²) in [6, 6.07) is 7.75. The Bertz CT molecular complexity index is 585. The van der Waals surface area contributed by atoms with Gasteiger partial charge in [-0.3, -0.25) is 4.79 Å². The lowest BCUT2D eigenvalue weighted by Gasteiger charge is -2.37. The molecule has 2 rings (SSSR count). The summed E-state index contributed by atoms with van der Waals surface area (Å²) in [5, 5.41) is 29.7. The third-order valence-electron chi connectivity index (χ3n) is 4.15. The molecule has 24 heavy (non-hydrogen) atoms. The summed E-state index contributed by atoms with van der Waals surface area (Å²) >= 11 is 11.9. The van der Waals surface area contributed by atoms with Crippen LogP contribution in [0, 0.1) is 5.92 Å². The number of aliphatic carboxylic acids is 1. The molecular weight excluding hydrogens is 357 g/mol. The van der Waals surface area contributed by atoms with Crippen LogP contribution in [0.1, 0.15) is 12.0 Å². The van der Waals surface area contributed by atoms with Crippen LogP contribution in [0.5, 0.6) is 0 Å². The number of carboxylic acid groups (broad SMARTS) is 1. The molecule has 6 atom stereocenters. The van der Waals surface area contributed by atoms with Crippen LogP contribution in [0.3, 0.4) is 0 Å². The average Bonchev–Trinajstić information content (AvgIpc) is 2.56. The van der Waals surface area contributed by atoms with Gasteiger partial charge in [-0.15, -0.1) is 23.2 Å². The Morgan fingerprint density at radius 2 is 1.79 bits per heavy atom. The third-order valence-corrected chi connectivity index (χ3v) is 5.10. The minimum absolute atomic E-state index is 0.0105. The van der Waals surface area contributed by atoms with E-state index in [-0.39, 0.29) is 12.8 Å². The maximum absolute atomic E-state index is 12.4. The van der Waals surface area contributed by atoms with E-state index in [1.807, 2.05) is 6.07 Å². The molecule has 1 aromatic carbocycles. The maximum Gasteiger partial charge on any atom is 0.326 e. The number of alkyl halides is 2. The molecule has 1 aliphatic carbocycles. The standard InChI is InChI=1S/C16H19Cl2NO5/c17-10-7-9(13(20)12(18)14(10)21)15(22)19-11(16(23)24)6-8-4-2-1-3-5-8/h1-5,9-14,20-21H,6-7H2,(H,19,22)(H,23,24)/t9?,10?,11-,12?,13?,14?/m0/s1. The summed E-state index contributed by atoms with van der Waals surface area (Å²) in [4.78, 5) is 23.8. The van der Waals surface area contributed by atoms with Crippen LogP contribution in [0.15, 0.2) is 30.3 Å². The highest BCUT2D eigenvalue weighted by Gasteiger charge is 2.45. The van der Waals surface area contributed by atoms with E-state index in [1.165, 1.54) is 0 Å². The van der Waals surface area contributed by atoms with Gasteiger partial charge in [-0.1, -0.05) is 30.3 Å². The first-order valence-electron chi connectivity index (χ1n) is 7.52. The van der Waals surface area contributed by atoms with Gasteiger partial charge in [-0.25, -0.2) is 4.79 Å². The minimum atomic E-state index is -1.30. The quantitative estimate of drug-likeness (QED) is 0.568. The van der Waals surface area contributed by atoms with Gasteiger partial charge in [0.2, 0.25) is 5.91 Å². The molecule has 132 valence electrons. The Morgan fingerprint density at radius 3 is 2.38 bits per heavy atom. The predicted octanol–water partition coefficient (Wildman–Crippen LogP) is 0.755. The number of rotatable bonds is 5. The van der Waals surface area contributed by atoms with Gasteiger partial charge in [0.25, 0.3) is 0 Å². The molecule has 1 amide bonds. The first-order valence-corrected chi connectivity index (χ1v) is 8.40. The summed E-state index contributed by atoms with van der Waals surface area (Å²) in [6.07, 6.45) is -2.31. The van der Waals surface area contributed by atoms with E-state index in [9.17, 15) is 24.9 Å². The molecule has 0 saturated heterocycles. The lowest BCUT2D eigenvalue weighted by Crippen LogP contribution is -2.55. The van der Waals surface area contributed by atoms with E-state index in [0.29, 0.717) is 0 Å². The number of hydrogen-bond acceptors (Lipinski definition) is 4. The highest BCUT2D eigenvalue weighted by Crippen LogP contribution is 2.32. The molecule has 4 N–H and O–H groups in total. The maximum atomic E-state index is 12.4. The summed E-state index contributed by atoms with van der Waals surface area (Å²) < 4.78 is 0. The fraction of sp³-hybridized carbons (Fsp3) is 0.500. The summed E-state index contributed by atoms with van der Waals surface area (Å²) in [7, 11) is 0. The van der Waals surface area contributed by atoms with Crippen molar-refractivity contribution in [2.45, 2.75) is 41.8 Å². The van der Waals surface area contributed by atoms with Crippen LogP contribution < -0.4 is 5.32 Å².